The molecule has 0 atom stereocenters. The summed E-state index contributed by atoms with van der Waals surface area (Å²) in [7, 11) is 0. The highest BCUT2D eigenvalue weighted by Crippen LogP contribution is 2.38. The summed E-state index contributed by atoms with van der Waals surface area (Å²) in [5.74, 6) is -1.89. The molecule has 1 aromatic heterocycles. The quantitative estimate of drug-likeness (QED) is 0.529. The first kappa shape index (κ1) is 24.3. The van der Waals surface area contributed by atoms with Gasteiger partial charge in [0.15, 0.2) is 0 Å². The number of aromatic nitrogens is 1. The Balaban J connectivity index is 1.93. The summed E-state index contributed by atoms with van der Waals surface area (Å²) in [5, 5.41) is 2.94. The van der Waals surface area contributed by atoms with E-state index in [0.717, 1.165) is 24.5 Å². The number of carbonyl (C=O) groups excluding carboxylic acids is 3. The zero-order valence-electron chi connectivity index (χ0n) is 19.4. The first-order chi connectivity index (χ1) is 15.7. The summed E-state index contributed by atoms with van der Waals surface area (Å²) in [6.07, 6.45) is 1.55. The molecule has 3 amide bonds. The predicted octanol–water partition coefficient (Wildman–Crippen LogP) is 2.21. The minimum atomic E-state index is -0.581. The molecule has 0 aliphatic carbocycles. The van der Waals surface area contributed by atoms with E-state index in [1.165, 1.54) is 18.2 Å². The topological polar surface area (TPSA) is 112 Å². The number of carbonyl (C=O) groups is 3. The highest BCUT2D eigenvalue weighted by atomic mass is 19.1. The van der Waals surface area contributed by atoms with Crippen molar-refractivity contribution in [3.8, 4) is 0 Å². The van der Waals surface area contributed by atoms with Crippen LogP contribution in [0.4, 0.5) is 10.1 Å². The lowest BCUT2D eigenvalue weighted by molar-refractivity contribution is -0.122. The molecule has 0 radical (unpaired) electrons. The average Bonchev–Trinajstić information content (AvgIpc) is 3.22. The van der Waals surface area contributed by atoms with Crippen LogP contribution >= 0.6 is 0 Å². The van der Waals surface area contributed by atoms with E-state index in [4.69, 9.17) is 5.73 Å². The summed E-state index contributed by atoms with van der Waals surface area (Å²) in [6.45, 7) is 10.4. The van der Waals surface area contributed by atoms with E-state index in [9.17, 15) is 18.8 Å². The Morgan fingerprint density at radius 2 is 1.94 bits per heavy atom. The monoisotopic (exact) mass is 455 g/mol. The number of H-pyrrole nitrogens is 1. The summed E-state index contributed by atoms with van der Waals surface area (Å²) in [4.78, 5) is 44.5. The van der Waals surface area contributed by atoms with Crippen LogP contribution in [0, 0.1) is 19.7 Å². The van der Waals surface area contributed by atoms with Crippen LogP contribution in [0.5, 0.6) is 0 Å². The van der Waals surface area contributed by atoms with Gasteiger partial charge in [-0.1, -0.05) is 13.8 Å². The van der Waals surface area contributed by atoms with Crippen molar-refractivity contribution in [3.63, 3.8) is 0 Å². The van der Waals surface area contributed by atoms with Gasteiger partial charge in [0.2, 0.25) is 5.91 Å². The number of nitrogens with two attached hydrogens (primary N) is 1. The molecule has 0 saturated carbocycles. The number of amides is 3. The molecule has 176 valence electrons. The molecule has 2 heterocycles. The standard InChI is InChI=1S/C24H30FN5O3/c1-5-29(6-2)10-9-27-23(32)22-14(3)19(28-15(22)4)12-18-17-11-16(25)7-8-20(17)30(24(18)33)21(31)13-26/h7-8,11-12,28H,5-6,9-10,13,26H2,1-4H3,(H,27,32). The molecule has 3 rings (SSSR count). The molecular formula is C24H30FN5O3. The Bertz CT molecular complexity index is 1120. The SMILES string of the molecule is CCN(CC)CCNC(=O)c1c(C)[nH]c(C=C2C(=O)N(C(=O)CN)c3ccc(F)cc32)c1C. The lowest BCUT2D eigenvalue weighted by Crippen LogP contribution is -2.38. The molecule has 0 unspecified atom stereocenters. The maximum Gasteiger partial charge on any atom is 0.265 e. The lowest BCUT2D eigenvalue weighted by Gasteiger charge is -2.18. The minimum absolute atomic E-state index is 0.157. The fourth-order valence-electron chi connectivity index (χ4n) is 4.10. The number of nitrogens with one attached hydrogen (secondary N) is 2. The molecule has 9 heteroatoms. The van der Waals surface area contributed by atoms with Gasteiger partial charge >= 0.3 is 0 Å². The van der Waals surface area contributed by atoms with Gasteiger partial charge in [-0.05, 0) is 56.8 Å². The van der Waals surface area contributed by atoms with Crippen molar-refractivity contribution in [2.45, 2.75) is 27.7 Å². The van der Waals surface area contributed by atoms with Gasteiger partial charge in [0, 0.05) is 30.0 Å². The van der Waals surface area contributed by atoms with Crippen molar-refractivity contribution in [1.82, 2.24) is 15.2 Å². The van der Waals surface area contributed by atoms with Crippen LogP contribution in [0.15, 0.2) is 18.2 Å². The van der Waals surface area contributed by atoms with Gasteiger partial charge in [0.1, 0.15) is 5.82 Å². The van der Waals surface area contributed by atoms with Crippen molar-refractivity contribution in [3.05, 3.63) is 52.1 Å². The number of nitrogens with zero attached hydrogens (tertiary/aromatic N) is 2. The number of aryl methyl sites for hydroxylation is 1. The van der Waals surface area contributed by atoms with Gasteiger partial charge < -0.3 is 20.9 Å². The van der Waals surface area contributed by atoms with Gasteiger partial charge in [-0.15, -0.1) is 0 Å². The number of fused-ring (bicyclic) bond motifs is 1. The second-order valence-corrected chi connectivity index (χ2v) is 7.90. The smallest absolute Gasteiger partial charge is 0.265 e. The first-order valence-electron chi connectivity index (χ1n) is 11.0. The molecule has 1 aliphatic heterocycles. The number of benzene rings is 1. The Labute approximate surface area is 192 Å². The van der Waals surface area contributed by atoms with Crippen molar-refractivity contribution in [1.29, 1.82) is 0 Å². The summed E-state index contributed by atoms with van der Waals surface area (Å²) in [6, 6.07) is 3.80. The van der Waals surface area contributed by atoms with Crippen LogP contribution in [0.2, 0.25) is 0 Å². The maximum absolute atomic E-state index is 14.0. The fourth-order valence-corrected chi connectivity index (χ4v) is 4.10. The van der Waals surface area contributed by atoms with Crippen LogP contribution in [0.1, 0.15) is 46.7 Å². The largest absolute Gasteiger partial charge is 0.358 e. The number of imide groups is 1. The predicted molar refractivity (Wildman–Crippen MR) is 126 cm³/mol. The van der Waals surface area contributed by atoms with Gasteiger partial charge in [-0.25, -0.2) is 9.29 Å². The van der Waals surface area contributed by atoms with E-state index >= 15 is 0 Å². The van der Waals surface area contributed by atoms with Crippen LogP contribution < -0.4 is 16.0 Å². The molecule has 1 aliphatic rings. The third-order valence-corrected chi connectivity index (χ3v) is 5.95. The van der Waals surface area contributed by atoms with E-state index in [0.29, 0.717) is 40.3 Å². The molecule has 33 heavy (non-hydrogen) atoms. The highest BCUT2D eigenvalue weighted by Gasteiger charge is 2.36. The lowest BCUT2D eigenvalue weighted by atomic mass is 10.0. The molecule has 4 N–H and O–H groups in total. The minimum Gasteiger partial charge on any atom is -0.358 e. The number of hydrogen-bond donors (Lipinski definition) is 3. The Kier molecular flexibility index (Phi) is 7.45. The number of anilines is 1. The normalized spacial score (nSPS) is 14.3. The average molecular weight is 456 g/mol. The Morgan fingerprint density at radius 3 is 2.58 bits per heavy atom. The molecule has 0 bridgehead atoms. The van der Waals surface area contributed by atoms with Crippen LogP contribution in [0.25, 0.3) is 11.6 Å². The maximum atomic E-state index is 14.0. The fraction of sp³-hybridized carbons (Fsp3) is 0.375. The molecule has 0 saturated heterocycles. The van der Waals surface area contributed by atoms with E-state index in [2.05, 4.69) is 29.0 Å². The van der Waals surface area contributed by atoms with E-state index < -0.39 is 17.6 Å². The second-order valence-electron chi connectivity index (χ2n) is 7.90. The zero-order valence-corrected chi connectivity index (χ0v) is 19.4. The number of aromatic amines is 1. The molecule has 8 nitrogen and oxygen atoms in total. The van der Waals surface area contributed by atoms with Crippen LogP contribution in [-0.2, 0) is 9.59 Å². The Hall–Kier alpha value is -3.30. The number of rotatable bonds is 8. The van der Waals surface area contributed by atoms with Gasteiger partial charge in [-0.2, -0.15) is 0 Å². The molecule has 0 spiro atoms. The third kappa shape index (κ3) is 4.74. The second kappa shape index (κ2) is 10.1. The van der Waals surface area contributed by atoms with Crippen molar-refractivity contribution < 1.29 is 18.8 Å². The summed E-state index contributed by atoms with van der Waals surface area (Å²) in [5.41, 5.74) is 8.58. The first-order valence-corrected chi connectivity index (χ1v) is 11.0. The van der Waals surface area contributed by atoms with Crippen LogP contribution in [-0.4, -0.2) is 60.3 Å². The van der Waals surface area contributed by atoms with Gasteiger partial charge in [-0.3, -0.25) is 14.4 Å². The van der Waals surface area contributed by atoms with Crippen molar-refractivity contribution in [2.24, 2.45) is 5.73 Å². The van der Waals surface area contributed by atoms with Gasteiger partial charge in [0.05, 0.1) is 23.4 Å². The summed E-state index contributed by atoms with van der Waals surface area (Å²) >= 11 is 0. The Morgan fingerprint density at radius 1 is 1.24 bits per heavy atom. The molecule has 0 fully saturated rings. The molecule has 1 aromatic carbocycles. The number of halogens is 1. The van der Waals surface area contributed by atoms with E-state index in [-0.39, 0.29) is 18.0 Å². The van der Waals surface area contributed by atoms with Gasteiger partial charge in [0.25, 0.3) is 11.8 Å². The van der Waals surface area contributed by atoms with Crippen molar-refractivity contribution in [2.75, 3.05) is 37.6 Å². The number of hydrogen-bond acceptors (Lipinski definition) is 5. The van der Waals surface area contributed by atoms with E-state index in [1.807, 2.05) is 0 Å². The van der Waals surface area contributed by atoms with E-state index in [1.54, 1.807) is 19.9 Å². The van der Waals surface area contributed by atoms with Crippen molar-refractivity contribution >= 4 is 35.1 Å². The zero-order chi connectivity index (χ0) is 24.3. The summed E-state index contributed by atoms with van der Waals surface area (Å²) < 4.78 is 14.0. The highest BCUT2D eigenvalue weighted by molar-refractivity contribution is 6.42. The van der Waals surface area contributed by atoms with Crippen LogP contribution in [0.3, 0.4) is 0 Å². The molecule has 2 aromatic rings. The third-order valence-electron chi connectivity index (χ3n) is 5.95. The number of likely N-dealkylation sites (N-methyl/N-ethyl adjacent to an activating group) is 1. The molecular weight excluding hydrogens is 425 g/mol.